The van der Waals surface area contributed by atoms with Crippen LogP contribution in [0.1, 0.15) is 26.3 Å². The van der Waals surface area contributed by atoms with Gasteiger partial charge in [-0.3, -0.25) is 0 Å². The minimum absolute atomic E-state index is 0.115. The van der Waals surface area contributed by atoms with Crippen LogP contribution in [-0.2, 0) is 5.41 Å². The molecule has 0 spiro atoms. The van der Waals surface area contributed by atoms with Gasteiger partial charge in [-0.15, -0.1) is 5.11 Å². The lowest BCUT2D eigenvalue weighted by Gasteiger charge is -2.18. The molecule has 0 aliphatic rings. The molecule has 0 saturated carbocycles. The maximum absolute atomic E-state index is 10.1. The van der Waals surface area contributed by atoms with E-state index in [1.807, 2.05) is 42.5 Å². The second kappa shape index (κ2) is 5.84. The van der Waals surface area contributed by atoms with Gasteiger partial charge in [-0.05, 0) is 34.6 Å². The van der Waals surface area contributed by atoms with Crippen LogP contribution in [0.15, 0.2) is 70.9 Å². The van der Waals surface area contributed by atoms with Crippen molar-refractivity contribution in [1.29, 1.82) is 0 Å². The van der Waals surface area contributed by atoms with Crippen molar-refractivity contribution in [2.45, 2.75) is 26.2 Å². The summed E-state index contributed by atoms with van der Waals surface area (Å²) in [5, 5.41) is 20.6. The summed E-state index contributed by atoms with van der Waals surface area (Å²) in [6.45, 7) is 6.53. The first kappa shape index (κ1) is 15.2. The van der Waals surface area contributed by atoms with Gasteiger partial charge < -0.3 is 5.11 Å². The van der Waals surface area contributed by atoms with Gasteiger partial charge >= 0.3 is 0 Å². The van der Waals surface area contributed by atoms with E-state index in [-0.39, 0.29) is 11.2 Å². The second-order valence-corrected chi connectivity index (χ2v) is 6.65. The fourth-order valence-corrected chi connectivity index (χ4v) is 2.48. The molecular formula is C20H20N2O. The third kappa shape index (κ3) is 3.24. The fourth-order valence-electron chi connectivity index (χ4n) is 2.48. The third-order valence-corrected chi connectivity index (χ3v) is 3.88. The number of hydrogen-bond donors (Lipinski definition) is 1. The number of aromatic hydroxyl groups is 1. The van der Waals surface area contributed by atoms with Crippen molar-refractivity contribution < 1.29 is 5.11 Å². The zero-order valence-corrected chi connectivity index (χ0v) is 13.6. The number of nitrogens with zero attached hydrogens (tertiary/aromatic N) is 2. The summed E-state index contributed by atoms with van der Waals surface area (Å²) in [5.41, 5.74) is 2.64. The largest absolute Gasteiger partial charge is 0.506 e. The van der Waals surface area contributed by atoms with Crippen LogP contribution in [0.4, 0.5) is 11.4 Å². The summed E-state index contributed by atoms with van der Waals surface area (Å²) in [4.78, 5) is 0. The normalized spacial score (nSPS) is 12.1. The van der Waals surface area contributed by atoms with Crippen LogP contribution in [-0.4, -0.2) is 5.11 Å². The average Bonchev–Trinajstić information content (AvgIpc) is 2.53. The number of phenolic OH excluding ortho intramolecular Hbond substituents is 1. The molecule has 0 bridgehead atoms. The molecule has 0 fully saturated rings. The summed E-state index contributed by atoms with van der Waals surface area (Å²) < 4.78 is 0. The van der Waals surface area contributed by atoms with Crippen molar-refractivity contribution >= 4 is 22.1 Å². The first-order valence-corrected chi connectivity index (χ1v) is 7.68. The van der Waals surface area contributed by atoms with E-state index in [0.717, 1.165) is 16.5 Å². The predicted octanol–water partition coefficient (Wildman–Crippen LogP) is 6.26. The monoisotopic (exact) mass is 304 g/mol. The molecule has 1 N–H and O–H groups in total. The number of azo groups is 1. The van der Waals surface area contributed by atoms with Crippen molar-refractivity contribution in [3.05, 3.63) is 66.2 Å². The molecule has 0 aromatic heterocycles. The summed E-state index contributed by atoms with van der Waals surface area (Å²) in [7, 11) is 0. The predicted molar refractivity (Wildman–Crippen MR) is 94.9 cm³/mol. The molecule has 3 heteroatoms. The molecule has 0 aliphatic heterocycles. The van der Waals surface area contributed by atoms with E-state index in [2.05, 4.69) is 43.1 Å². The zero-order valence-electron chi connectivity index (χ0n) is 13.6. The highest BCUT2D eigenvalue weighted by molar-refractivity contribution is 5.95. The molecule has 0 unspecified atom stereocenters. The van der Waals surface area contributed by atoms with Gasteiger partial charge in [-0.2, -0.15) is 5.11 Å². The van der Waals surface area contributed by atoms with Gasteiger partial charge in [0.25, 0.3) is 0 Å². The first-order valence-electron chi connectivity index (χ1n) is 7.68. The highest BCUT2D eigenvalue weighted by atomic mass is 16.3. The number of rotatable bonds is 2. The lowest BCUT2D eigenvalue weighted by atomic mass is 9.87. The number of hydrogen-bond acceptors (Lipinski definition) is 3. The Kier molecular flexibility index (Phi) is 3.87. The van der Waals surface area contributed by atoms with Gasteiger partial charge in [0.05, 0.1) is 5.69 Å². The molecule has 3 aromatic rings. The Morgan fingerprint density at radius 3 is 2.17 bits per heavy atom. The van der Waals surface area contributed by atoms with Crippen LogP contribution in [0.2, 0.25) is 0 Å². The van der Waals surface area contributed by atoms with Crippen LogP contribution in [0, 0.1) is 0 Å². The highest BCUT2D eigenvalue weighted by Crippen LogP contribution is 2.36. The van der Waals surface area contributed by atoms with Gasteiger partial charge in [0.1, 0.15) is 11.4 Å². The highest BCUT2D eigenvalue weighted by Gasteiger charge is 2.12. The van der Waals surface area contributed by atoms with Crippen molar-refractivity contribution in [2.24, 2.45) is 10.2 Å². The van der Waals surface area contributed by atoms with Crippen LogP contribution in [0.5, 0.6) is 5.75 Å². The van der Waals surface area contributed by atoms with Gasteiger partial charge in [0, 0.05) is 5.39 Å². The summed E-state index contributed by atoms with van der Waals surface area (Å²) in [5.74, 6) is 0.138. The molecule has 0 amide bonds. The Balaban J connectivity index is 1.96. The lowest BCUT2D eigenvalue weighted by molar-refractivity contribution is 0.477. The molecule has 116 valence electrons. The first-order chi connectivity index (χ1) is 10.9. The van der Waals surface area contributed by atoms with Crippen molar-refractivity contribution in [1.82, 2.24) is 0 Å². The third-order valence-electron chi connectivity index (χ3n) is 3.88. The minimum Gasteiger partial charge on any atom is -0.506 e. The Hall–Kier alpha value is -2.68. The van der Waals surface area contributed by atoms with Gasteiger partial charge in [0.15, 0.2) is 0 Å². The summed E-state index contributed by atoms with van der Waals surface area (Å²) in [6, 6.07) is 19.4. The standard InChI is InChI=1S/C20H20N2O/c1-20(2,3)15-9-11-16(12-10-15)21-22-19-17-7-5-4-6-14(17)8-13-18(19)23/h4-13,23H,1-3H3. The van der Waals surface area contributed by atoms with Gasteiger partial charge in [-0.25, -0.2) is 0 Å². The maximum atomic E-state index is 10.1. The number of fused-ring (bicyclic) bond motifs is 1. The van der Waals surface area contributed by atoms with E-state index in [1.165, 1.54) is 5.56 Å². The number of benzene rings is 3. The topological polar surface area (TPSA) is 45.0 Å². The lowest BCUT2D eigenvalue weighted by Crippen LogP contribution is -2.10. The van der Waals surface area contributed by atoms with E-state index in [0.29, 0.717) is 5.69 Å². The zero-order chi connectivity index (χ0) is 16.4. The average molecular weight is 304 g/mol. The molecular weight excluding hydrogens is 284 g/mol. The Bertz CT molecular complexity index is 859. The molecule has 0 aliphatic carbocycles. The van der Waals surface area contributed by atoms with E-state index in [4.69, 9.17) is 0 Å². The van der Waals surface area contributed by atoms with Crippen LogP contribution in [0.25, 0.3) is 10.8 Å². The SMILES string of the molecule is CC(C)(C)c1ccc(N=Nc2c(O)ccc3ccccc23)cc1. The van der Waals surface area contributed by atoms with Crippen LogP contribution in [0.3, 0.4) is 0 Å². The molecule has 0 heterocycles. The molecule has 3 rings (SSSR count). The molecule has 0 radical (unpaired) electrons. The van der Waals surface area contributed by atoms with E-state index in [1.54, 1.807) is 6.07 Å². The van der Waals surface area contributed by atoms with E-state index >= 15 is 0 Å². The van der Waals surface area contributed by atoms with Crippen molar-refractivity contribution in [3.63, 3.8) is 0 Å². The fraction of sp³-hybridized carbons (Fsp3) is 0.200. The molecule has 0 atom stereocenters. The molecule has 23 heavy (non-hydrogen) atoms. The van der Waals surface area contributed by atoms with Gasteiger partial charge in [-0.1, -0.05) is 63.2 Å². The van der Waals surface area contributed by atoms with E-state index < -0.39 is 0 Å². The smallest absolute Gasteiger partial charge is 0.143 e. The van der Waals surface area contributed by atoms with Crippen LogP contribution < -0.4 is 0 Å². The quantitative estimate of drug-likeness (QED) is 0.558. The molecule has 3 nitrogen and oxygen atoms in total. The Morgan fingerprint density at radius 1 is 0.783 bits per heavy atom. The Labute approximate surface area is 136 Å². The summed E-state index contributed by atoms with van der Waals surface area (Å²) in [6.07, 6.45) is 0. The maximum Gasteiger partial charge on any atom is 0.143 e. The van der Waals surface area contributed by atoms with Gasteiger partial charge in [0.2, 0.25) is 0 Å². The van der Waals surface area contributed by atoms with Crippen molar-refractivity contribution in [2.75, 3.05) is 0 Å². The second-order valence-electron chi connectivity index (χ2n) is 6.65. The number of phenols is 1. The van der Waals surface area contributed by atoms with Crippen molar-refractivity contribution in [3.8, 4) is 5.75 Å². The molecule has 0 saturated heterocycles. The Morgan fingerprint density at radius 2 is 1.48 bits per heavy atom. The summed E-state index contributed by atoms with van der Waals surface area (Å²) >= 11 is 0. The molecule has 3 aromatic carbocycles. The minimum atomic E-state index is 0.115. The van der Waals surface area contributed by atoms with Crippen LogP contribution >= 0.6 is 0 Å². The van der Waals surface area contributed by atoms with E-state index in [9.17, 15) is 5.11 Å².